The number of carbonyl (C=O) groups is 2. The van der Waals surface area contributed by atoms with Gasteiger partial charge in [0.15, 0.2) is 0 Å². The topological polar surface area (TPSA) is 75.5 Å². The lowest BCUT2D eigenvalue weighted by molar-refractivity contribution is -0.115. The van der Waals surface area contributed by atoms with Crippen LogP contribution in [-0.2, 0) is 11.3 Å². The molecular formula is C25H23FN4O2. The molecule has 0 fully saturated rings. The van der Waals surface area contributed by atoms with Gasteiger partial charge in [0.05, 0.1) is 6.42 Å². The highest BCUT2D eigenvalue weighted by atomic mass is 19.1. The molecule has 1 heterocycles. The first-order chi connectivity index (χ1) is 15.5. The van der Waals surface area contributed by atoms with Gasteiger partial charge < -0.3 is 9.88 Å². The normalized spacial score (nSPS) is 11.7. The minimum absolute atomic E-state index is 0.0121. The summed E-state index contributed by atoms with van der Waals surface area (Å²) in [7, 11) is 0. The Morgan fingerprint density at radius 1 is 0.969 bits per heavy atom. The van der Waals surface area contributed by atoms with E-state index >= 15 is 0 Å². The number of carbonyl (C=O) groups excluding carboxylic acids is 2. The van der Waals surface area contributed by atoms with Crippen LogP contribution in [0.5, 0.6) is 0 Å². The maximum Gasteiger partial charge on any atom is 0.271 e. The molecule has 0 saturated carbocycles. The van der Waals surface area contributed by atoms with Crippen molar-refractivity contribution in [1.82, 2.24) is 9.99 Å². The second-order valence-electron chi connectivity index (χ2n) is 7.52. The third-order valence-corrected chi connectivity index (χ3v) is 5.22. The van der Waals surface area contributed by atoms with E-state index in [9.17, 15) is 14.0 Å². The molecule has 0 saturated heterocycles. The van der Waals surface area contributed by atoms with Crippen molar-refractivity contribution in [1.29, 1.82) is 0 Å². The van der Waals surface area contributed by atoms with Gasteiger partial charge in [-0.2, -0.15) is 5.10 Å². The Bertz CT molecular complexity index is 1360. The molecule has 0 spiro atoms. The number of rotatable bonds is 6. The van der Waals surface area contributed by atoms with Crippen molar-refractivity contribution in [3.05, 3.63) is 78.1 Å². The van der Waals surface area contributed by atoms with Crippen molar-refractivity contribution in [3.63, 3.8) is 0 Å². The molecule has 6 nitrogen and oxygen atoms in total. The molecule has 2 amide bonds. The number of aromatic nitrogens is 1. The zero-order valence-electron chi connectivity index (χ0n) is 17.9. The molecule has 0 unspecified atom stereocenters. The molecule has 0 aliphatic rings. The number of fused-ring (bicyclic) bond motifs is 3. The lowest BCUT2D eigenvalue weighted by Gasteiger charge is -2.07. The summed E-state index contributed by atoms with van der Waals surface area (Å²) in [6, 6.07) is 19.4. The van der Waals surface area contributed by atoms with Crippen LogP contribution in [0.2, 0.25) is 0 Å². The van der Waals surface area contributed by atoms with E-state index < -0.39 is 11.7 Å². The molecule has 0 aliphatic carbocycles. The van der Waals surface area contributed by atoms with E-state index in [2.05, 4.69) is 39.5 Å². The summed E-state index contributed by atoms with van der Waals surface area (Å²) < 4.78 is 15.5. The largest absolute Gasteiger partial charge is 0.341 e. The van der Waals surface area contributed by atoms with Crippen LogP contribution >= 0.6 is 0 Å². The molecule has 7 heteroatoms. The van der Waals surface area contributed by atoms with Gasteiger partial charge in [-0.05, 0) is 56.3 Å². The van der Waals surface area contributed by atoms with Crippen molar-refractivity contribution in [3.8, 4) is 0 Å². The molecule has 32 heavy (non-hydrogen) atoms. The van der Waals surface area contributed by atoms with Gasteiger partial charge in [-0.1, -0.05) is 24.3 Å². The quantitative estimate of drug-likeness (QED) is 0.330. The van der Waals surface area contributed by atoms with E-state index in [1.807, 2.05) is 30.3 Å². The number of aryl methyl sites for hydroxylation is 1. The highest BCUT2D eigenvalue weighted by Crippen LogP contribution is 2.31. The predicted molar refractivity (Wildman–Crippen MR) is 125 cm³/mol. The molecule has 0 bridgehead atoms. The number of hydrazone groups is 1. The number of nitrogens with zero attached hydrogens (tertiary/aromatic N) is 2. The Kier molecular flexibility index (Phi) is 5.98. The molecule has 0 radical (unpaired) electrons. The van der Waals surface area contributed by atoms with Crippen molar-refractivity contribution in [2.45, 2.75) is 26.8 Å². The summed E-state index contributed by atoms with van der Waals surface area (Å²) in [5, 5.41) is 9.05. The van der Waals surface area contributed by atoms with Gasteiger partial charge >= 0.3 is 0 Å². The number of hydrogen-bond donors (Lipinski definition) is 2. The van der Waals surface area contributed by atoms with Crippen molar-refractivity contribution in [2.24, 2.45) is 5.10 Å². The Hall–Kier alpha value is -4.00. The number of amides is 2. The summed E-state index contributed by atoms with van der Waals surface area (Å²) in [4.78, 5) is 24.5. The Morgan fingerprint density at radius 3 is 2.53 bits per heavy atom. The molecule has 2 N–H and O–H groups in total. The number of para-hydroxylation sites is 1. The van der Waals surface area contributed by atoms with Gasteiger partial charge in [-0.3, -0.25) is 9.59 Å². The number of halogens is 1. The summed E-state index contributed by atoms with van der Waals surface area (Å²) in [6.07, 6.45) is 0.0121. The average molecular weight is 430 g/mol. The van der Waals surface area contributed by atoms with Crippen LogP contribution in [0.3, 0.4) is 0 Å². The lowest BCUT2D eigenvalue weighted by Crippen LogP contribution is -2.21. The minimum Gasteiger partial charge on any atom is -0.341 e. The molecule has 4 rings (SSSR count). The van der Waals surface area contributed by atoms with Crippen LogP contribution < -0.4 is 10.7 Å². The monoisotopic (exact) mass is 430 g/mol. The third-order valence-electron chi connectivity index (χ3n) is 5.22. The van der Waals surface area contributed by atoms with Crippen molar-refractivity contribution < 1.29 is 14.0 Å². The van der Waals surface area contributed by atoms with E-state index in [1.54, 1.807) is 6.92 Å². The third kappa shape index (κ3) is 4.37. The van der Waals surface area contributed by atoms with Crippen LogP contribution in [0.25, 0.3) is 21.8 Å². The van der Waals surface area contributed by atoms with E-state index in [1.165, 1.54) is 18.2 Å². The predicted octanol–water partition coefficient (Wildman–Crippen LogP) is 5.09. The number of anilines is 1. The first-order valence-corrected chi connectivity index (χ1v) is 10.4. The van der Waals surface area contributed by atoms with Gasteiger partial charge in [0.2, 0.25) is 5.91 Å². The Morgan fingerprint density at radius 2 is 1.75 bits per heavy atom. The number of benzene rings is 3. The van der Waals surface area contributed by atoms with Crippen molar-refractivity contribution >= 4 is 45.0 Å². The van der Waals surface area contributed by atoms with E-state index in [0.717, 1.165) is 34.4 Å². The lowest BCUT2D eigenvalue weighted by atomic mass is 10.1. The highest BCUT2D eigenvalue weighted by Gasteiger charge is 2.12. The maximum atomic E-state index is 13.2. The van der Waals surface area contributed by atoms with E-state index in [-0.39, 0.29) is 17.9 Å². The van der Waals surface area contributed by atoms with Gasteiger partial charge in [0.1, 0.15) is 5.82 Å². The molecule has 162 valence electrons. The second kappa shape index (κ2) is 9.01. The second-order valence-corrected chi connectivity index (χ2v) is 7.52. The minimum atomic E-state index is -0.540. The molecule has 3 aromatic carbocycles. The highest BCUT2D eigenvalue weighted by molar-refractivity contribution is 6.11. The smallest absolute Gasteiger partial charge is 0.271 e. The Balaban J connectivity index is 1.45. The van der Waals surface area contributed by atoms with Crippen LogP contribution in [0.15, 0.2) is 71.8 Å². The van der Waals surface area contributed by atoms with Crippen LogP contribution in [0.4, 0.5) is 10.1 Å². The fourth-order valence-electron chi connectivity index (χ4n) is 3.79. The van der Waals surface area contributed by atoms with Crippen molar-refractivity contribution in [2.75, 3.05) is 5.32 Å². The zero-order valence-corrected chi connectivity index (χ0v) is 17.9. The molecule has 1 aromatic heterocycles. The van der Waals surface area contributed by atoms with Gasteiger partial charge in [0.25, 0.3) is 5.91 Å². The summed E-state index contributed by atoms with van der Waals surface area (Å²) >= 11 is 0. The maximum absolute atomic E-state index is 13.2. The van der Waals surface area contributed by atoms with Crippen LogP contribution in [-0.4, -0.2) is 22.1 Å². The van der Waals surface area contributed by atoms with Gasteiger partial charge in [-0.25, -0.2) is 9.82 Å². The van der Waals surface area contributed by atoms with Crippen LogP contribution in [0, 0.1) is 5.82 Å². The first kappa shape index (κ1) is 21.2. The first-order valence-electron chi connectivity index (χ1n) is 10.4. The van der Waals surface area contributed by atoms with E-state index in [0.29, 0.717) is 11.4 Å². The van der Waals surface area contributed by atoms with E-state index in [4.69, 9.17) is 0 Å². The number of hydrogen-bond acceptors (Lipinski definition) is 3. The standard InChI is InChI=1S/C25H23FN4O2/c1-3-30-22-10-5-4-9-20(22)21-15-19(11-12-23(21)30)27-24(31)13-16(2)28-29-25(32)17-7-6-8-18(26)14-17/h4-12,14-15H,3,13H2,1-2H3,(H,27,31)(H,29,32)/b28-16-. The Labute approximate surface area is 184 Å². The van der Waals surface area contributed by atoms with Crippen LogP contribution in [0.1, 0.15) is 30.6 Å². The van der Waals surface area contributed by atoms with Gasteiger partial charge in [0, 0.05) is 45.3 Å². The molecule has 0 aliphatic heterocycles. The molecule has 0 atom stereocenters. The summed E-state index contributed by atoms with van der Waals surface area (Å²) in [6.45, 7) is 4.60. The summed E-state index contributed by atoms with van der Waals surface area (Å²) in [5.41, 5.74) is 5.90. The SMILES string of the molecule is CCn1c2ccccc2c2cc(NC(=O)C/C(C)=N\NC(=O)c3cccc(F)c3)ccc21. The fourth-order valence-corrected chi connectivity index (χ4v) is 3.79. The zero-order chi connectivity index (χ0) is 22.7. The van der Waals surface area contributed by atoms with Gasteiger partial charge in [-0.15, -0.1) is 0 Å². The average Bonchev–Trinajstić information content (AvgIpc) is 3.10. The molecular weight excluding hydrogens is 407 g/mol. The summed E-state index contributed by atoms with van der Waals surface area (Å²) in [5.74, 6) is -1.29. The molecule has 4 aromatic rings. The number of nitrogens with one attached hydrogen (secondary N) is 2. The fraction of sp³-hybridized carbons (Fsp3) is 0.160.